The number of carbonyl (C=O) groups is 2. The molecule has 6 nitrogen and oxygen atoms in total. The minimum Gasteiger partial charge on any atom is -0.288 e. The quantitative estimate of drug-likeness (QED) is 0.498. The molecule has 0 radical (unpaired) electrons. The average Bonchev–Trinajstić information content (AvgIpc) is 2.42. The largest absolute Gasteiger partial charge is 0.317 e. The van der Waals surface area contributed by atoms with Crippen LogP contribution >= 0.6 is 0 Å². The number of carbonyl (C=O) groups excluding carboxylic acids is 2. The van der Waals surface area contributed by atoms with E-state index in [0.29, 0.717) is 0 Å². The third-order valence-corrected chi connectivity index (χ3v) is 1.94. The Kier molecular flexibility index (Phi) is 1.57. The molecule has 70 valence electrons. The summed E-state index contributed by atoms with van der Waals surface area (Å²) in [6, 6.07) is 3.72. The Morgan fingerprint density at radius 1 is 1.14 bits per heavy atom. The Balaban J connectivity index is 2.61. The number of benzene rings is 1. The molecule has 1 aliphatic heterocycles. The third kappa shape index (κ3) is 1.05. The smallest absolute Gasteiger partial charge is 0.288 e. The molecule has 0 aliphatic carbocycles. The van der Waals surface area contributed by atoms with Gasteiger partial charge < -0.3 is 0 Å². The highest BCUT2D eigenvalue weighted by atomic mass is 16.6. The molecule has 2 N–H and O–H groups in total. The molecule has 0 unspecified atom stereocenters. The van der Waals surface area contributed by atoms with Crippen LogP contribution < -0.4 is 5.32 Å². The minimum atomic E-state index is -0.561. The highest BCUT2D eigenvalue weighted by Gasteiger charge is 2.29. The van der Waals surface area contributed by atoms with E-state index in [0.717, 1.165) is 6.07 Å². The van der Waals surface area contributed by atoms with E-state index < -0.39 is 11.8 Å². The summed E-state index contributed by atoms with van der Waals surface area (Å²) in [6.45, 7) is 0. The van der Waals surface area contributed by atoms with Gasteiger partial charge in [0.25, 0.3) is 16.7 Å². The Morgan fingerprint density at radius 3 is 2.43 bits per heavy atom. The lowest BCUT2D eigenvalue weighted by molar-refractivity contribution is -0.729. The van der Waals surface area contributed by atoms with Crippen molar-refractivity contribution in [2.24, 2.45) is 0 Å². The molecule has 1 aliphatic rings. The van der Waals surface area contributed by atoms with E-state index in [1.807, 2.05) is 0 Å². The number of hydrogen-bond donors (Lipinski definition) is 2. The summed E-state index contributed by atoms with van der Waals surface area (Å²) in [5.74, 6) is -1.05. The van der Waals surface area contributed by atoms with Gasteiger partial charge in [0.1, 0.15) is 0 Å². The third-order valence-electron chi connectivity index (χ3n) is 1.94. The highest BCUT2D eigenvalue weighted by molar-refractivity contribution is 6.21. The Hall–Kier alpha value is -2.24. The van der Waals surface area contributed by atoms with Crippen molar-refractivity contribution in [3.63, 3.8) is 0 Å². The number of amides is 2. The van der Waals surface area contributed by atoms with Crippen molar-refractivity contribution in [2.75, 3.05) is 0 Å². The highest BCUT2D eigenvalue weighted by Crippen LogP contribution is 2.20. The van der Waals surface area contributed by atoms with Gasteiger partial charge in [-0.3, -0.25) is 14.9 Å². The Bertz CT molecular complexity index is 466. The molecule has 0 saturated heterocycles. The van der Waals surface area contributed by atoms with Crippen LogP contribution in [0.3, 0.4) is 0 Å². The van der Waals surface area contributed by atoms with Gasteiger partial charge in [-0.2, -0.15) is 0 Å². The van der Waals surface area contributed by atoms with Crippen molar-refractivity contribution in [1.82, 2.24) is 5.32 Å². The molecule has 0 saturated carbocycles. The van der Waals surface area contributed by atoms with Gasteiger partial charge in [0, 0.05) is 12.1 Å². The molecule has 1 aromatic rings. The maximum absolute atomic E-state index is 11.1. The summed E-state index contributed by atoms with van der Waals surface area (Å²) in [4.78, 5) is 32.3. The van der Waals surface area contributed by atoms with Crippen LogP contribution in [0.4, 0.5) is 5.69 Å². The zero-order valence-corrected chi connectivity index (χ0v) is 6.85. The first-order valence-corrected chi connectivity index (χ1v) is 3.75. The fourth-order valence-electron chi connectivity index (χ4n) is 1.27. The van der Waals surface area contributed by atoms with Crippen molar-refractivity contribution >= 4 is 17.5 Å². The second-order valence-corrected chi connectivity index (χ2v) is 2.79. The topological polar surface area (TPSA) is 86.5 Å². The van der Waals surface area contributed by atoms with Crippen LogP contribution in [0.5, 0.6) is 0 Å². The fraction of sp³-hybridized carbons (Fsp3) is 0. The molecule has 6 heteroatoms. The molecule has 0 spiro atoms. The number of nitrogens with zero attached hydrogens (tertiary/aromatic N) is 1. The lowest BCUT2D eigenvalue weighted by Crippen LogP contribution is -2.19. The SMILES string of the molecule is O=C1NC(=O)c2cc([N+](=O)O)ccc21. The van der Waals surface area contributed by atoms with Crippen LogP contribution in [0.15, 0.2) is 18.2 Å². The van der Waals surface area contributed by atoms with Gasteiger partial charge in [-0.1, -0.05) is 0 Å². The van der Waals surface area contributed by atoms with E-state index in [-0.39, 0.29) is 21.7 Å². The Labute approximate surface area is 77.7 Å². The van der Waals surface area contributed by atoms with Crippen molar-refractivity contribution in [3.8, 4) is 0 Å². The lowest BCUT2D eigenvalue weighted by Gasteiger charge is -1.90. The van der Waals surface area contributed by atoms with E-state index in [1.165, 1.54) is 12.1 Å². The molecule has 2 amide bonds. The predicted octanol–water partition coefficient (Wildman–Crippen LogP) is 0.370. The van der Waals surface area contributed by atoms with Crippen molar-refractivity contribution < 1.29 is 19.7 Å². The van der Waals surface area contributed by atoms with Gasteiger partial charge in [-0.05, 0) is 6.07 Å². The molecular weight excluding hydrogens is 188 g/mol. The first-order valence-electron chi connectivity index (χ1n) is 3.75. The lowest BCUT2D eigenvalue weighted by atomic mass is 10.1. The van der Waals surface area contributed by atoms with Crippen molar-refractivity contribution in [2.45, 2.75) is 0 Å². The number of hydrogen-bond acceptors (Lipinski definition) is 3. The summed E-state index contributed by atoms with van der Waals surface area (Å²) < 4.78 is 0. The zero-order valence-electron chi connectivity index (χ0n) is 6.85. The van der Waals surface area contributed by atoms with Gasteiger partial charge in [-0.15, -0.1) is 0 Å². The Morgan fingerprint density at radius 2 is 1.79 bits per heavy atom. The van der Waals surface area contributed by atoms with Gasteiger partial charge in [0.05, 0.1) is 16.0 Å². The van der Waals surface area contributed by atoms with E-state index in [1.54, 1.807) is 0 Å². The van der Waals surface area contributed by atoms with E-state index in [9.17, 15) is 14.5 Å². The van der Waals surface area contributed by atoms with Gasteiger partial charge in [0.2, 0.25) is 0 Å². The minimum absolute atomic E-state index is 0.0893. The van der Waals surface area contributed by atoms with E-state index in [2.05, 4.69) is 5.32 Å². The average molecular weight is 193 g/mol. The standard InChI is InChI=1S/C8H4N2O4/c11-7-5-2-1-4(10(13)14)3-6(5)8(12)9-7/h1-3H,(H-,9,11,12,13,14)/p+1. The summed E-state index contributed by atoms with van der Waals surface area (Å²) in [5, 5.41) is 10.6. The monoisotopic (exact) mass is 193 g/mol. The van der Waals surface area contributed by atoms with Gasteiger partial charge in [-0.25, -0.2) is 5.21 Å². The number of fused-ring (bicyclic) bond motifs is 1. The van der Waals surface area contributed by atoms with Crippen molar-refractivity contribution in [3.05, 3.63) is 34.2 Å². The molecule has 0 aromatic heterocycles. The predicted molar refractivity (Wildman–Crippen MR) is 43.3 cm³/mol. The molecule has 2 rings (SSSR count). The maximum atomic E-state index is 11.1. The maximum Gasteiger partial charge on any atom is 0.317 e. The first-order chi connectivity index (χ1) is 6.59. The molecule has 14 heavy (non-hydrogen) atoms. The normalized spacial score (nSPS) is 13.7. The molecule has 1 aromatic carbocycles. The summed E-state index contributed by atoms with van der Waals surface area (Å²) in [6.07, 6.45) is 0. The summed E-state index contributed by atoms with van der Waals surface area (Å²) in [7, 11) is 0. The van der Waals surface area contributed by atoms with Crippen LogP contribution in [-0.2, 0) is 0 Å². The second-order valence-electron chi connectivity index (χ2n) is 2.79. The molecule has 0 fully saturated rings. The molecule has 0 atom stereocenters. The van der Waals surface area contributed by atoms with Gasteiger partial charge >= 0.3 is 5.69 Å². The second kappa shape index (κ2) is 2.63. The number of nitrogens with one attached hydrogen (secondary N) is 1. The number of rotatable bonds is 1. The molecular formula is C8H5N2O4+. The van der Waals surface area contributed by atoms with Crippen LogP contribution in [0.2, 0.25) is 0 Å². The molecule has 1 heterocycles. The first kappa shape index (κ1) is 8.36. The van der Waals surface area contributed by atoms with Crippen LogP contribution in [-0.4, -0.2) is 21.9 Å². The van der Waals surface area contributed by atoms with Crippen LogP contribution in [0.1, 0.15) is 20.7 Å². The molecule has 0 bridgehead atoms. The van der Waals surface area contributed by atoms with Crippen molar-refractivity contribution in [1.29, 1.82) is 0 Å². The zero-order chi connectivity index (χ0) is 10.3. The van der Waals surface area contributed by atoms with Gasteiger partial charge in [0.15, 0.2) is 0 Å². The van der Waals surface area contributed by atoms with E-state index >= 15 is 0 Å². The van der Waals surface area contributed by atoms with E-state index in [4.69, 9.17) is 5.21 Å². The number of imide groups is 1. The summed E-state index contributed by atoms with van der Waals surface area (Å²) in [5.41, 5.74) is 0.219. The fourth-order valence-corrected chi connectivity index (χ4v) is 1.27. The summed E-state index contributed by atoms with van der Waals surface area (Å²) >= 11 is 0. The van der Waals surface area contributed by atoms with Crippen LogP contribution in [0.25, 0.3) is 0 Å². The van der Waals surface area contributed by atoms with Crippen LogP contribution in [0, 0.1) is 4.91 Å².